The van der Waals surface area contributed by atoms with Crippen LogP contribution in [0.25, 0.3) is 10.9 Å². The largest absolute Gasteiger partial charge is 0.399 e. The third-order valence-corrected chi connectivity index (χ3v) is 11.4. The summed E-state index contributed by atoms with van der Waals surface area (Å²) >= 11 is 0. The van der Waals surface area contributed by atoms with Gasteiger partial charge in [0.1, 0.15) is 6.04 Å². The number of aromatic amines is 1. The number of nitrogens with zero attached hydrogens (tertiary/aromatic N) is 1. The summed E-state index contributed by atoms with van der Waals surface area (Å²) in [4.78, 5) is 16.8. The van der Waals surface area contributed by atoms with Crippen LogP contribution in [0.2, 0.25) is 0 Å². The normalized spacial score (nSPS) is 13.7. The van der Waals surface area contributed by atoms with E-state index in [1.165, 1.54) is 28.6 Å². The Morgan fingerprint density at radius 2 is 1.60 bits per heavy atom. The summed E-state index contributed by atoms with van der Waals surface area (Å²) in [7, 11) is -7.90. The Labute approximate surface area is 277 Å². The van der Waals surface area contributed by atoms with E-state index in [1.807, 2.05) is 45.0 Å². The molecule has 0 aliphatic rings. The summed E-state index contributed by atoms with van der Waals surface area (Å²) in [6.45, 7) is 5.88. The zero-order chi connectivity index (χ0) is 34.2. The number of para-hydroxylation sites is 1. The predicted molar refractivity (Wildman–Crippen MR) is 185 cm³/mol. The van der Waals surface area contributed by atoms with Gasteiger partial charge in [-0.25, -0.2) is 16.8 Å². The van der Waals surface area contributed by atoms with E-state index in [2.05, 4.69) is 15.0 Å². The molecule has 13 heteroatoms. The van der Waals surface area contributed by atoms with Gasteiger partial charge in [0, 0.05) is 41.9 Å². The van der Waals surface area contributed by atoms with Crippen molar-refractivity contribution in [3.05, 3.63) is 90.1 Å². The van der Waals surface area contributed by atoms with Gasteiger partial charge in [0.2, 0.25) is 26.0 Å². The molecule has 6 N–H and O–H groups in total. The van der Waals surface area contributed by atoms with E-state index in [0.29, 0.717) is 24.9 Å². The number of carbonyl (C=O) groups is 1. The molecule has 0 unspecified atom stereocenters. The van der Waals surface area contributed by atoms with E-state index >= 15 is 0 Å². The van der Waals surface area contributed by atoms with Crippen LogP contribution in [-0.4, -0.2) is 68.9 Å². The van der Waals surface area contributed by atoms with Gasteiger partial charge >= 0.3 is 0 Å². The Morgan fingerprint density at radius 3 is 2.26 bits per heavy atom. The predicted octanol–water partition coefficient (Wildman–Crippen LogP) is 3.94. The number of fused-ring (bicyclic) bond motifs is 1. The molecule has 0 saturated carbocycles. The van der Waals surface area contributed by atoms with Gasteiger partial charge < -0.3 is 21.1 Å². The number of nitrogen functional groups attached to an aromatic ring is 1. The molecular weight excluding hydrogens is 639 g/mol. The molecule has 0 aliphatic heterocycles. The maximum Gasteiger partial charge on any atom is 0.243 e. The summed E-state index contributed by atoms with van der Waals surface area (Å²) in [6, 6.07) is 18.2. The van der Waals surface area contributed by atoms with E-state index in [1.54, 1.807) is 30.5 Å². The highest BCUT2D eigenvalue weighted by atomic mass is 32.2. The number of sulfonamides is 2. The maximum absolute atomic E-state index is 13.6. The van der Waals surface area contributed by atoms with Crippen molar-refractivity contribution in [1.82, 2.24) is 19.3 Å². The number of nitrogens with one attached hydrogen (secondary N) is 3. The number of aryl methyl sites for hydroxylation is 1. The summed E-state index contributed by atoms with van der Waals surface area (Å²) < 4.78 is 57.6. The molecule has 2 atom stereocenters. The second-order valence-corrected chi connectivity index (χ2v) is 15.8. The lowest BCUT2D eigenvalue weighted by Gasteiger charge is -2.31. The van der Waals surface area contributed by atoms with Crippen molar-refractivity contribution in [2.75, 3.05) is 25.4 Å². The van der Waals surface area contributed by atoms with Crippen LogP contribution in [0.15, 0.2) is 88.8 Å². The van der Waals surface area contributed by atoms with Gasteiger partial charge in [0.05, 0.1) is 16.4 Å². The highest BCUT2D eigenvalue weighted by Gasteiger charge is 2.32. The molecule has 11 nitrogen and oxygen atoms in total. The van der Waals surface area contributed by atoms with Crippen LogP contribution >= 0.6 is 0 Å². The Hall–Kier alpha value is -3.75. The van der Waals surface area contributed by atoms with Crippen LogP contribution in [0.5, 0.6) is 0 Å². The molecule has 254 valence electrons. The van der Waals surface area contributed by atoms with Crippen LogP contribution in [0.4, 0.5) is 5.69 Å². The molecular formula is C34H45N5O6S2. The Kier molecular flexibility index (Phi) is 12.2. The zero-order valence-corrected chi connectivity index (χ0v) is 28.6. The first-order valence-corrected chi connectivity index (χ1v) is 18.6. The minimum absolute atomic E-state index is 0.00925. The van der Waals surface area contributed by atoms with Crippen LogP contribution in [0.1, 0.15) is 44.2 Å². The molecule has 0 fully saturated rings. The molecule has 1 heterocycles. The number of benzene rings is 3. The molecule has 4 aromatic rings. The van der Waals surface area contributed by atoms with Crippen molar-refractivity contribution < 1.29 is 26.7 Å². The molecule has 0 bridgehead atoms. The monoisotopic (exact) mass is 683 g/mol. The van der Waals surface area contributed by atoms with Gasteiger partial charge in [0.25, 0.3) is 0 Å². The Morgan fingerprint density at radius 1 is 0.936 bits per heavy atom. The molecule has 1 amide bonds. The van der Waals surface area contributed by atoms with Crippen molar-refractivity contribution in [3.8, 4) is 0 Å². The number of aliphatic hydroxyl groups excluding tert-OH is 1. The van der Waals surface area contributed by atoms with E-state index in [4.69, 9.17) is 5.73 Å². The molecule has 0 spiro atoms. The zero-order valence-electron chi connectivity index (χ0n) is 27.0. The smallest absolute Gasteiger partial charge is 0.243 e. The topological polar surface area (TPSA) is 175 Å². The number of anilines is 1. The number of carbonyl (C=O) groups excluding carboxylic acids is 1. The first-order valence-electron chi connectivity index (χ1n) is 15.7. The standard InChI is InChI=1S/C34H45N5O6S2/c1-24(2)22-39(47(44,45)30-15-11-25(3)12-16-30)28(23-40)8-6-7-19-36-34(41)33(20-26-21-37-32-10-5-4-9-31(26)32)38-46(42,43)29-17-13-27(35)14-18-29/h4-5,9-18,21,24,28,33,37-38,40H,6-8,19-20,22-23,35H2,1-3H3,(H,36,41)/t28-,33-/m0/s1. The molecule has 0 aliphatic carbocycles. The number of hydrogen-bond acceptors (Lipinski definition) is 7. The summed E-state index contributed by atoms with van der Waals surface area (Å²) in [5.74, 6) is -0.453. The highest BCUT2D eigenvalue weighted by Crippen LogP contribution is 2.24. The highest BCUT2D eigenvalue weighted by molar-refractivity contribution is 7.89. The maximum atomic E-state index is 13.6. The van der Waals surface area contributed by atoms with Crippen molar-refractivity contribution in [1.29, 1.82) is 0 Å². The number of hydrogen-bond donors (Lipinski definition) is 5. The second-order valence-electron chi connectivity index (χ2n) is 12.2. The number of nitrogens with two attached hydrogens (primary N) is 1. The molecule has 47 heavy (non-hydrogen) atoms. The summed E-state index contributed by atoms with van der Waals surface area (Å²) in [5.41, 5.74) is 8.75. The fourth-order valence-corrected chi connectivity index (χ4v) is 8.43. The van der Waals surface area contributed by atoms with Gasteiger partial charge in [-0.1, -0.05) is 56.2 Å². The average Bonchev–Trinajstić information content (AvgIpc) is 3.44. The SMILES string of the molecule is Cc1ccc(S(=O)(=O)N(CC(C)C)[C@H](CO)CCCCNC(=O)[C@H](Cc2c[nH]c3ccccc23)NS(=O)(=O)c2ccc(N)cc2)cc1. The van der Waals surface area contributed by atoms with Crippen LogP contribution < -0.4 is 15.8 Å². The van der Waals surface area contributed by atoms with Gasteiger partial charge in [-0.05, 0) is 80.1 Å². The van der Waals surface area contributed by atoms with Crippen molar-refractivity contribution in [2.45, 2.75) is 68.3 Å². The quantitative estimate of drug-likeness (QED) is 0.0828. The van der Waals surface area contributed by atoms with Crippen molar-refractivity contribution in [3.63, 3.8) is 0 Å². The van der Waals surface area contributed by atoms with Crippen molar-refractivity contribution in [2.24, 2.45) is 5.92 Å². The Bertz CT molecular complexity index is 1840. The first kappa shape index (κ1) is 36.1. The third kappa shape index (κ3) is 9.42. The number of rotatable bonds is 17. The van der Waals surface area contributed by atoms with Crippen LogP contribution in [0.3, 0.4) is 0 Å². The van der Waals surface area contributed by atoms with Gasteiger partial charge in [0.15, 0.2) is 0 Å². The lowest BCUT2D eigenvalue weighted by atomic mass is 10.0. The molecule has 0 radical (unpaired) electrons. The van der Waals surface area contributed by atoms with Crippen LogP contribution in [-0.2, 0) is 31.3 Å². The van der Waals surface area contributed by atoms with E-state index in [-0.39, 0.29) is 41.8 Å². The van der Waals surface area contributed by atoms with E-state index in [9.17, 15) is 26.7 Å². The van der Waals surface area contributed by atoms with Crippen LogP contribution in [0, 0.1) is 12.8 Å². The van der Waals surface area contributed by atoms with Gasteiger partial charge in [-0.2, -0.15) is 9.03 Å². The number of H-pyrrole nitrogens is 1. The minimum Gasteiger partial charge on any atom is -0.399 e. The Balaban J connectivity index is 1.42. The summed E-state index contributed by atoms with van der Waals surface area (Å²) in [6.07, 6.45) is 3.27. The number of aliphatic hydroxyl groups is 1. The molecule has 4 rings (SSSR count). The molecule has 1 aromatic heterocycles. The lowest BCUT2D eigenvalue weighted by Crippen LogP contribution is -2.48. The second kappa shape index (κ2) is 15.9. The first-order chi connectivity index (χ1) is 22.3. The van der Waals surface area contributed by atoms with E-state index < -0.39 is 38.0 Å². The third-order valence-electron chi connectivity index (χ3n) is 7.96. The fraction of sp³-hybridized carbons (Fsp3) is 0.382. The number of unbranched alkanes of at least 4 members (excludes halogenated alkanes) is 1. The lowest BCUT2D eigenvalue weighted by molar-refractivity contribution is -0.122. The van der Waals surface area contributed by atoms with E-state index in [0.717, 1.165) is 22.0 Å². The van der Waals surface area contributed by atoms with Gasteiger partial charge in [-0.15, -0.1) is 0 Å². The molecule has 3 aromatic carbocycles. The average molecular weight is 684 g/mol. The number of aromatic nitrogens is 1. The minimum atomic E-state index is -4.05. The van der Waals surface area contributed by atoms with Gasteiger partial charge in [-0.3, -0.25) is 4.79 Å². The molecule has 0 saturated heterocycles. The fourth-order valence-electron chi connectivity index (χ4n) is 5.43. The number of amides is 1. The summed E-state index contributed by atoms with van der Waals surface area (Å²) in [5, 5.41) is 14.0. The van der Waals surface area contributed by atoms with Crippen molar-refractivity contribution >= 4 is 42.5 Å².